The van der Waals surface area contributed by atoms with Gasteiger partial charge in [-0.3, -0.25) is 0 Å². The summed E-state index contributed by atoms with van der Waals surface area (Å²) in [6, 6.07) is 0. The summed E-state index contributed by atoms with van der Waals surface area (Å²) in [7, 11) is 0. The van der Waals surface area contributed by atoms with Crippen LogP contribution in [0.15, 0.2) is 12.7 Å². The second-order valence-corrected chi connectivity index (χ2v) is 2.14. The van der Waals surface area contributed by atoms with Gasteiger partial charge in [-0.2, -0.15) is 0 Å². The summed E-state index contributed by atoms with van der Waals surface area (Å²) in [5.41, 5.74) is 0. The van der Waals surface area contributed by atoms with Gasteiger partial charge in [-0.25, -0.2) is 0 Å². The fourth-order valence-corrected chi connectivity index (χ4v) is 0.715. The summed E-state index contributed by atoms with van der Waals surface area (Å²) in [5, 5.41) is 0. The average Bonchev–Trinajstić information content (AvgIpc) is 1.81. The molecule has 0 atom stereocenters. The fraction of sp³-hybridized carbons (Fsp3) is 0.750. The van der Waals surface area contributed by atoms with E-state index in [2.05, 4.69) is 13.5 Å². The van der Waals surface area contributed by atoms with Crippen molar-refractivity contribution in [2.24, 2.45) is 0 Å². The normalized spacial score (nSPS) is 8.11. The van der Waals surface area contributed by atoms with Crippen LogP contribution in [0.3, 0.4) is 0 Å². The topological polar surface area (TPSA) is 0 Å². The predicted octanol–water partition coefficient (Wildman–Crippen LogP) is 2.23. The zero-order chi connectivity index (χ0) is 6.24. The number of rotatable bonds is 5. The molecule has 0 amide bonds. The Morgan fingerprint density at radius 1 is 1.22 bits per heavy atom. The van der Waals surface area contributed by atoms with Crippen molar-refractivity contribution < 1.29 is 0 Å². The summed E-state index contributed by atoms with van der Waals surface area (Å²) in [6.45, 7) is 5.89. The average molecular weight is 323 g/mol. The molecule has 0 fully saturated rings. The van der Waals surface area contributed by atoms with Gasteiger partial charge in [0.2, 0.25) is 0 Å². The van der Waals surface area contributed by atoms with Gasteiger partial charge in [-0.1, -0.05) is 32.3 Å². The fourth-order valence-electron chi connectivity index (χ4n) is 0.715. The molecule has 0 aliphatic heterocycles. The molecule has 0 aromatic carbocycles. The van der Waals surface area contributed by atoms with Crippen molar-refractivity contribution in [1.29, 1.82) is 0 Å². The molecule has 0 aliphatic carbocycles. The van der Waals surface area contributed by atoms with E-state index in [-0.39, 0.29) is 26.6 Å². The molecule has 56 valence electrons. The molecule has 0 saturated carbocycles. The van der Waals surface area contributed by atoms with E-state index in [1.54, 1.807) is 0 Å². The van der Waals surface area contributed by atoms with E-state index in [0.717, 1.165) is 0 Å². The van der Waals surface area contributed by atoms with E-state index < -0.39 is 0 Å². The second kappa shape index (κ2) is 11.4. The minimum absolute atomic E-state index is 0. The van der Waals surface area contributed by atoms with Gasteiger partial charge < -0.3 is 0 Å². The van der Waals surface area contributed by atoms with Crippen LogP contribution in [0, 0.1) is 0 Å². The first-order valence-corrected chi connectivity index (χ1v) is 3.52. The van der Waals surface area contributed by atoms with Crippen molar-refractivity contribution in [2.75, 3.05) is 0 Å². The molecule has 0 heterocycles. The van der Waals surface area contributed by atoms with Crippen LogP contribution in [-0.2, 0) is 0 Å². The van der Waals surface area contributed by atoms with Crippen LogP contribution in [0.5, 0.6) is 0 Å². The molecular weight excluding hydrogens is 305 g/mol. The van der Waals surface area contributed by atoms with Gasteiger partial charge >= 0.3 is 26.6 Å². The number of hydrogen-bond acceptors (Lipinski definition) is 0. The Balaban J connectivity index is 0. The molecule has 9 heavy (non-hydrogen) atoms. The van der Waals surface area contributed by atoms with E-state index in [4.69, 9.17) is 0 Å². The van der Waals surface area contributed by atoms with Crippen LogP contribution in [0.1, 0.15) is 39.0 Å². The molecule has 1 heteroatoms. The first-order valence-electron chi connectivity index (χ1n) is 3.52. The Hall–Kier alpha value is 0.636. The molecule has 0 N–H and O–H groups in total. The SMILES string of the molecule is C=CCCCCCC.[PoH2]. The standard InChI is InChI=1S/C8H16.Po.2H/c1-3-5-7-8-6-4-2;;;/h3H,1,4-8H2,2H3;;;. The van der Waals surface area contributed by atoms with Crippen LogP contribution in [0.2, 0.25) is 0 Å². The number of allylic oxidation sites excluding steroid dienone is 1. The van der Waals surface area contributed by atoms with Gasteiger partial charge in [0.25, 0.3) is 0 Å². The maximum atomic E-state index is 3.66. The maximum absolute atomic E-state index is 3.66. The molecule has 0 radical (unpaired) electrons. The van der Waals surface area contributed by atoms with E-state index >= 15 is 0 Å². The van der Waals surface area contributed by atoms with Crippen molar-refractivity contribution >= 4 is 26.6 Å². The summed E-state index contributed by atoms with van der Waals surface area (Å²) in [5.74, 6) is 0. The van der Waals surface area contributed by atoms with Crippen LogP contribution >= 0.6 is 0 Å². The summed E-state index contributed by atoms with van der Waals surface area (Å²) in [6.07, 6.45) is 8.61. The third-order valence-corrected chi connectivity index (χ3v) is 1.26. The zero-order valence-corrected chi connectivity index (χ0v) is 10.2. The van der Waals surface area contributed by atoms with Crippen LogP contribution in [-0.4, -0.2) is 26.6 Å². The first kappa shape index (κ1) is 12.3. The zero-order valence-electron chi connectivity index (χ0n) is 6.32. The minimum atomic E-state index is 0. The Kier molecular flexibility index (Phi) is 15.7. The van der Waals surface area contributed by atoms with Crippen LogP contribution in [0.4, 0.5) is 0 Å². The second-order valence-electron chi connectivity index (χ2n) is 2.14. The van der Waals surface area contributed by atoms with E-state index in [0.29, 0.717) is 0 Å². The Morgan fingerprint density at radius 2 is 1.89 bits per heavy atom. The van der Waals surface area contributed by atoms with Gasteiger partial charge in [-0.05, 0) is 12.8 Å². The third kappa shape index (κ3) is 12.0. The molecule has 0 rings (SSSR count). The monoisotopic (exact) mass is 323 g/mol. The van der Waals surface area contributed by atoms with E-state index in [9.17, 15) is 0 Å². The van der Waals surface area contributed by atoms with Crippen LogP contribution < -0.4 is 0 Å². The predicted molar refractivity (Wildman–Crippen MR) is 47.5 cm³/mol. The number of hydrogen-bond donors (Lipinski definition) is 0. The molecular formula is C8H18Po. The molecule has 0 spiro atoms. The Bertz CT molecular complexity index is 50.5. The third-order valence-electron chi connectivity index (χ3n) is 1.26. The van der Waals surface area contributed by atoms with Crippen molar-refractivity contribution in [3.8, 4) is 0 Å². The van der Waals surface area contributed by atoms with Gasteiger partial charge in [0, 0.05) is 0 Å². The molecule has 0 unspecified atom stereocenters. The number of unbranched alkanes of at least 4 members (excludes halogenated alkanes) is 4. The van der Waals surface area contributed by atoms with E-state index in [1.807, 2.05) is 6.08 Å². The molecule has 0 bridgehead atoms. The van der Waals surface area contributed by atoms with Crippen molar-refractivity contribution in [3.63, 3.8) is 0 Å². The molecule has 0 aromatic rings. The van der Waals surface area contributed by atoms with Gasteiger partial charge in [0.05, 0.1) is 0 Å². The molecule has 0 aromatic heterocycles. The van der Waals surface area contributed by atoms with Gasteiger partial charge in [0.1, 0.15) is 0 Å². The quantitative estimate of drug-likeness (QED) is 0.538. The Labute approximate surface area is 78.2 Å². The summed E-state index contributed by atoms with van der Waals surface area (Å²) >= 11 is 0. The molecule has 0 nitrogen and oxygen atoms in total. The van der Waals surface area contributed by atoms with Crippen molar-refractivity contribution in [3.05, 3.63) is 12.7 Å². The Morgan fingerprint density at radius 3 is 2.33 bits per heavy atom. The van der Waals surface area contributed by atoms with Crippen LogP contribution in [0.25, 0.3) is 0 Å². The van der Waals surface area contributed by atoms with Crippen molar-refractivity contribution in [1.82, 2.24) is 0 Å². The molecule has 0 aliphatic rings. The first-order chi connectivity index (χ1) is 3.91. The van der Waals surface area contributed by atoms with Gasteiger partial charge in [0.15, 0.2) is 0 Å². The molecule has 0 saturated heterocycles. The van der Waals surface area contributed by atoms with Gasteiger partial charge in [-0.15, -0.1) is 6.58 Å². The summed E-state index contributed by atoms with van der Waals surface area (Å²) < 4.78 is 0. The van der Waals surface area contributed by atoms with Crippen molar-refractivity contribution in [2.45, 2.75) is 39.0 Å². The van der Waals surface area contributed by atoms with E-state index in [1.165, 1.54) is 32.1 Å². The summed E-state index contributed by atoms with van der Waals surface area (Å²) in [4.78, 5) is 0.